The number of pyridine rings is 1. The van der Waals surface area contributed by atoms with Crippen LogP contribution in [-0.2, 0) is 0 Å². The molecule has 1 amide bonds. The molecular weight excluding hydrogens is 248 g/mol. The zero-order valence-corrected chi connectivity index (χ0v) is 11.3. The third-order valence-corrected chi connectivity index (χ3v) is 3.59. The second-order valence-electron chi connectivity index (χ2n) is 5.19. The molecule has 1 aliphatic rings. The van der Waals surface area contributed by atoms with E-state index in [-0.39, 0.29) is 0 Å². The fraction of sp³-hybridized carbons (Fsp3) is 0.176. The zero-order valence-electron chi connectivity index (χ0n) is 11.3. The summed E-state index contributed by atoms with van der Waals surface area (Å²) in [5, 5.41) is 0.809. The number of hydrogen-bond donors (Lipinski definition) is 1. The Hall–Kier alpha value is -2.42. The van der Waals surface area contributed by atoms with Gasteiger partial charge in [-0.2, -0.15) is 0 Å². The van der Waals surface area contributed by atoms with Crippen molar-refractivity contribution >= 4 is 22.4 Å². The molecule has 0 radical (unpaired) electrons. The summed E-state index contributed by atoms with van der Waals surface area (Å²) in [6, 6.07) is 9.41. The van der Waals surface area contributed by atoms with Crippen LogP contribution in [0.5, 0.6) is 0 Å². The average Bonchev–Trinajstić information content (AvgIpc) is 2.46. The molecular formula is C17H16N2O. The molecule has 3 nitrogen and oxygen atoms in total. The molecule has 1 atom stereocenters. The van der Waals surface area contributed by atoms with Crippen molar-refractivity contribution in [1.29, 1.82) is 0 Å². The molecule has 3 heteroatoms. The summed E-state index contributed by atoms with van der Waals surface area (Å²) in [7, 11) is 0. The lowest BCUT2D eigenvalue weighted by atomic mass is 9.92. The smallest absolute Gasteiger partial charge is 0.249 e. The van der Waals surface area contributed by atoms with Gasteiger partial charge in [-0.05, 0) is 30.0 Å². The van der Waals surface area contributed by atoms with Gasteiger partial charge in [0.2, 0.25) is 5.91 Å². The van der Waals surface area contributed by atoms with E-state index >= 15 is 0 Å². The minimum absolute atomic E-state index is 0.412. The van der Waals surface area contributed by atoms with Gasteiger partial charge in [-0.1, -0.05) is 43.4 Å². The maximum Gasteiger partial charge on any atom is 0.249 e. The lowest BCUT2D eigenvalue weighted by Crippen LogP contribution is -2.13. The van der Waals surface area contributed by atoms with Crippen LogP contribution in [0.2, 0.25) is 0 Å². The maximum atomic E-state index is 11.7. The van der Waals surface area contributed by atoms with Crippen LogP contribution in [0, 0.1) is 5.92 Å². The minimum atomic E-state index is -0.412. The Morgan fingerprint density at radius 1 is 1.35 bits per heavy atom. The summed E-state index contributed by atoms with van der Waals surface area (Å²) < 4.78 is 0. The lowest BCUT2D eigenvalue weighted by molar-refractivity contribution is 0.100. The van der Waals surface area contributed by atoms with E-state index in [1.54, 1.807) is 0 Å². The highest BCUT2D eigenvalue weighted by Gasteiger charge is 2.14. The van der Waals surface area contributed by atoms with Crippen molar-refractivity contribution in [2.45, 2.75) is 13.3 Å². The number of aromatic nitrogens is 1. The zero-order chi connectivity index (χ0) is 14.1. The Morgan fingerprint density at radius 2 is 2.15 bits per heavy atom. The van der Waals surface area contributed by atoms with Crippen LogP contribution in [-0.4, -0.2) is 10.9 Å². The lowest BCUT2D eigenvalue weighted by Gasteiger charge is -2.15. The SMILES string of the molecule is CC1C=CC=C(c2cc(C(N)=O)c3ccccc3n2)C1. The van der Waals surface area contributed by atoms with Crippen molar-refractivity contribution in [3.8, 4) is 0 Å². The molecule has 100 valence electrons. The molecule has 20 heavy (non-hydrogen) atoms. The molecule has 1 aromatic carbocycles. The molecule has 3 rings (SSSR count). The molecule has 0 aliphatic heterocycles. The van der Waals surface area contributed by atoms with Crippen LogP contribution in [0.3, 0.4) is 0 Å². The molecule has 0 fully saturated rings. The molecule has 0 saturated heterocycles. The standard InChI is InChI=1S/C17H16N2O/c1-11-5-4-6-12(9-11)16-10-14(17(18)20)13-7-2-3-8-15(13)19-16/h2-8,10-11H,9H2,1H3,(H2,18,20). The highest BCUT2D eigenvalue weighted by molar-refractivity contribution is 6.06. The van der Waals surface area contributed by atoms with E-state index in [9.17, 15) is 4.79 Å². The van der Waals surface area contributed by atoms with Gasteiger partial charge in [0.15, 0.2) is 0 Å². The Balaban J connectivity index is 2.20. The van der Waals surface area contributed by atoms with Gasteiger partial charge in [-0.25, -0.2) is 4.98 Å². The first-order valence-electron chi connectivity index (χ1n) is 6.72. The number of hydrogen-bond acceptors (Lipinski definition) is 2. The van der Waals surface area contributed by atoms with Gasteiger partial charge in [0.25, 0.3) is 0 Å². The first-order chi connectivity index (χ1) is 9.65. The van der Waals surface area contributed by atoms with Crippen molar-refractivity contribution in [3.63, 3.8) is 0 Å². The summed E-state index contributed by atoms with van der Waals surface area (Å²) >= 11 is 0. The number of carbonyl (C=O) groups excluding carboxylic acids is 1. The molecule has 2 N–H and O–H groups in total. The van der Waals surface area contributed by atoms with Crippen molar-refractivity contribution in [3.05, 3.63) is 59.8 Å². The fourth-order valence-corrected chi connectivity index (χ4v) is 2.58. The number of para-hydroxylation sites is 1. The Morgan fingerprint density at radius 3 is 2.90 bits per heavy atom. The normalized spacial score (nSPS) is 18.1. The fourth-order valence-electron chi connectivity index (χ4n) is 2.58. The molecule has 0 saturated carbocycles. The van der Waals surface area contributed by atoms with E-state index in [1.165, 1.54) is 0 Å². The van der Waals surface area contributed by atoms with Gasteiger partial charge < -0.3 is 5.73 Å². The quantitative estimate of drug-likeness (QED) is 0.904. The van der Waals surface area contributed by atoms with Crippen molar-refractivity contribution < 1.29 is 4.79 Å². The first kappa shape index (κ1) is 12.6. The predicted octanol–water partition coefficient (Wildman–Crippen LogP) is 3.31. The van der Waals surface area contributed by atoms with Crippen LogP contribution in [0.1, 0.15) is 29.4 Å². The van der Waals surface area contributed by atoms with E-state index in [4.69, 9.17) is 5.73 Å². The molecule has 2 aromatic rings. The van der Waals surface area contributed by atoms with Crippen molar-refractivity contribution in [1.82, 2.24) is 4.98 Å². The number of amides is 1. The highest BCUT2D eigenvalue weighted by atomic mass is 16.1. The van der Waals surface area contributed by atoms with Gasteiger partial charge >= 0.3 is 0 Å². The maximum absolute atomic E-state index is 11.7. The van der Waals surface area contributed by atoms with Crippen LogP contribution in [0.25, 0.3) is 16.5 Å². The number of primary amides is 1. The van der Waals surface area contributed by atoms with E-state index in [0.717, 1.165) is 28.6 Å². The monoisotopic (exact) mass is 264 g/mol. The number of fused-ring (bicyclic) bond motifs is 1. The second kappa shape index (κ2) is 4.93. The van der Waals surface area contributed by atoms with Gasteiger partial charge in [-0.3, -0.25) is 4.79 Å². The van der Waals surface area contributed by atoms with Crippen LogP contribution in [0.4, 0.5) is 0 Å². The number of nitrogens with zero attached hydrogens (tertiary/aromatic N) is 1. The van der Waals surface area contributed by atoms with E-state index in [0.29, 0.717) is 11.5 Å². The Kier molecular flexibility index (Phi) is 3.11. The number of rotatable bonds is 2. The third-order valence-electron chi connectivity index (χ3n) is 3.59. The largest absolute Gasteiger partial charge is 0.366 e. The average molecular weight is 264 g/mol. The molecule has 0 spiro atoms. The summed E-state index contributed by atoms with van der Waals surface area (Å²) in [5.41, 5.74) is 8.84. The highest BCUT2D eigenvalue weighted by Crippen LogP contribution is 2.28. The van der Waals surface area contributed by atoms with Crippen molar-refractivity contribution in [2.75, 3.05) is 0 Å². The Labute approximate surface area is 117 Å². The molecule has 1 aromatic heterocycles. The number of nitrogens with two attached hydrogens (primary N) is 1. The van der Waals surface area contributed by atoms with Crippen molar-refractivity contribution in [2.24, 2.45) is 11.7 Å². The summed E-state index contributed by atoms with van der Waals surface area (Å²) in [6.45, 7) is 2.17. The van der Waals surface area contributed by atoms with Crippen LogP contribution in [0.15, 0.2) is 48.6 Å². The first-order valence-corrected chi connectivity index (χ1v) is 6.72. The second-order valence-corrected chi connectivity index (χ2v) is 5.19. The topological polar surface area (TPSA) is 56.0 Å². The molecule has 1 heterocycles. The number of carbonyl (C=O) groups is 1. The molecule has 1 unspecified atom stereocenters. The van der Waals surface area contributed by atoms with Gasteiger partial charge in [0.05, 0.1) is 16.8 Å². The minimum Gasteiger partial charge on any atom is -0.366 e. The summed E-state index contributed by atoms with van der Waals surface area (Å²) in [6.07, 6.45) is 7.20. The van der Waals surface area contributed by atoms with Gasteiger partial charge in [-0.15, -0.1) is 0 Å². The summed E-state index contributed by atoms with van der Waals surface area (Å²) in [5.74, 6) is 0.0742. The van der Waals surface area contributed by atoms with Gasteiger partial charge in [0, 0.05) is 5.39 Å². The molecule has 0 bridgehead atoms. The molecule has 1 aliphatic carbocycles. The van der Waals surface area contributed by atoms with Crippen LogP contribution < -0.4 is 5.73 Å². The summed E-state index contributed by atoms with van der Waals surface area (Å²) in [4.78, 5) is 16.3. The third kappa shape index (κ3) is 2.23. The van der Waals surface area contributed by atoms with E-state index in [1.807, 2.05) is 36.4 Å². The van der Waals surface area contributed by atoms with Gasteiger partial charge in [0.1, 0.15) is 0 Å². The number of allylic oxidation sites excluding steroid dienone is 4. The Bertz CT molecular complexity index is 744. The van der Waals surface area contributed by atoms with Crippen LogP contribution >= 0.6 is 0 Å². The number of benzene rings is 1. The predicted molar refractivity (Wildman–Crippen MR) is 81.2 cm³/mol. The van der Waals surface area contributed by atoms with E-state index < -0.39 is 5.91 Å². The van der Waals surface area contributed by atoms with E-state index in [2.05, 4.69) is 24.1 Å².